The number of rotatable bonds is 5. The molecule has 0 aliphatic heterocycles. The number of likely N-dealkylation sites (N-methyl/N-ethyl adjacent to an activating group) is 2. The van der Waals surface area contributed by atoms with Gasteiger partial charge in [-0.2, -0.15) is 4.31 Å². The fourth-order valence-corrected chi connectivity index (χ4v) is 2.94. The molecule has 0 saturated carbocycles. The summed E-state index contributed by atoms with van der Waals surface area (Å²) in [5.41, 5.74) is 5.96. The molecule has 2 N–H and O–H groups in total. The molecule has 0 saturated heterocycles. The fraction of sp³-hybridized carbons (Fsp3) is 0.417. The maximum atomic E-state index is 12.4. The summed E-state index contributed by atoms with van der Waals surface area (Å²) >= 11 is 0. The maximum absolute atomic E-state index is 12.4. The van der Waals surface area contributed by atoms with E-state index in [1.807, 2.05) is 0 Å². The zero-order valence-corrected chi connectivity index (χ0v) is 12.1. The van der Waals surface area contributed by atoms with Gasteiger partial charge < -0.3 is 10.6 Å². The molecule has 0 heterocycles. The van der Waals surface area contributed by atoms with Gasteiger partial charge in [0.25, 0.3) is 0 Å². The minimum absolute atomic E-state index is 0.0981. The number of nitrogens with two attached hydrogens (primary N) is 1. The Morgan fingerprint density at radius 1 is 1.32 bits per heavy atom. The van der Waals surface area contributed by atoms with E-state index in [2.05, 4.69) is 0 Å². The van der Waals surface area contributed by atoms with Crippen molar-refractivity contribution in [3.8, 4) is 0 Å². The lowest BCUT2D eigenvalue weighted by Crippen LogP contribution is -2.40. The summed E-state index contributed by atoms with van der Waals surface area (Å²) in [6, 6.07) is 6.04. The SMILES string of the molecule is CCN(CC(=O)N(C)C)S(=O)(=O)c1cccc(N)c1. The van der Waals surface area contributed by atoms with Gasteiger partial charge in [-0.15, -0.1) is 0 Å². The van der Waals surface area contributed by atoms with Gasteiger partial charge in [0.1, 0.15) is 0 Å². The highest BCUT2D eigenvalue weighted by atomic mass is 32.2. The average Bonchev–Trinajstić information content (AvgIpc) is 2.35. The lowest BCUT2D eigenvalue weighted by molar-refractivity contribution is -0.128. The van der Waals surface area contributed by atoms with Gasteiger partial charge in [0.15, 0.2) is 0 Å². The molecule has 0 bridgehead atoms. The number of sulfonamides is 1. The molecule has 7 heteroatoms. The lowest BCUT2D eigenvalue weighted by Gasteiger charge is -2.21. The number of nitrogen functional groups attached to an aromatic ring is 1. The van der Waals surface area contributed by atoms with Crippen LogP contribution in [0.3, 0.4) is 0 Å². The normalized spacial score (nSPS) is 11.6. The molecule has 106 valence electrons. The Labute approximate surface area is 113 Å². The predicted molar refractivity (Wildman–Crippen MR) is 74.0 cm³/mol. The number of amides is 1. The maximum Gasteiger partial charge on any atom is 0.243 e. The van der Waals surface area contributed by atoms with Crippen LogP contribution in [0.15, 0.2) is 29.2 Å². The first-order chi connectivity index (χ1) is 8.78. The third-order valence-corrected chi connectivity index (χ3v) is 4.58. The Bertz CT molecular complexity index is 555. The van der Waals surface area contributed by atoms with Crippen LogP contribution < -0.4 is 5.73 Å². The number of nitrogens with zero attached hydrogens (tertiary/aromatic N) is 2. The number of hydrogen-bond acceptors (Lipinski definition) is 4. The Morgan fingerprint density at radius 2 is 1.95 bits per heavy atom. The lowest BCUT2D eigenvalue weighted by atomic mass is 10.3. The second-order valence-electron chi connectivity index (χ2n) is 4.29. The number of carbonyl (C=O) groups excluding carboxylic acids is 1. The zero-order chi connectivity index (χ0) is 14.6. The first-order valence-corrected chi connectivity index (χ1v) is 7.29. The summed E-state index contributed by atoms with van der Waals surface area (Å²) in [6.07, 6.45) is 0. The van der Waals surface area contributed by atoms with Crippen LogP contribution in [-0.4, -0.2) is 50.7 Å². The summed E-state index contributed by atoms with van der Waals surface area (Å²) in [7, 11) is -0.523. The van der Waals surface area contributed by atoms with Crippen LogP contribution in [0.25, 0.3) is 0 Å². The molecule has 19 heavy (non-hydrogen) atoms. The largest absolute Gasteiger partial charge is 0.399 e. The van der Waals surface area contributed by atoms with Crippen LogP contribution in [0.4, 0.5) is 5.69 Å². The highest BCUT2D eigenvalue weighted by Crippen LogP contribution is 2.17. The van der Waals surface area contributed by atoms with Gasteiger partial charge >= 0.3 is 0 Å². The molecule has 0 atom stereocenters. The summed E-state index contributed by atoms with van der Waals surface area (Å²) < 4.78 is 25.9. The molecule has 6 nitrogen and oxygen atoms in total. The topological polar surface area (TPSA) is 83.7 Å². The number of benzene rings is 1. The van der Waals surface area contributed by atoms with E-state index in [9.17, 15) is 13.2 Å². The molecule has 0 spiro atoms. The molecular formula is C12H19N3O3S. The van der Waals surface area contributed by atoms with Crippen molar-refractivity contribution in [2.75, 3.05) is 32.9 Å². The highest BCUT2D eigenvalue weighted by molar-refractivity contribution is 7.89. The van der Waals surface area contributed by atoms with E-state index in [0.29, 0.717) is 5.69 Å². The van der Waals surface area contributed by atoms with E-state index < -0.39 is 10.0 Å². The van der Waals surface area contributed by atoms with Crippen LogP contribution in [0.2, 0.25) is 0 Å². The zero-order valence-electron chi connectivity index (χ0n) is 11.3. The van der Waals surface area contributed by atoms with Crippen LogP contribution in [0.5, 0.6) is 0 Å². The van der Waals surface area contributed by atoms with Crippen molar-refractivity contribution >= 4 is 21.6 Å². The van der Waals surface area contributed by atoms with Gasteiger partial charge in [0.2, 0.25) is 15.9 Å². The Kier molecular flexibility index (Phi) is 4.90. The predicted octanol–water partition coefficient (Wildman–Crippen LogP) is 0.368. The van der Waals surface area contributed by atoms with E-state index in [1.54, 1.807) is 33.2 Å². The van der Waals surface area contributed by atoms with Gasteiger partial charge in [0.05, 0.1) is 11.4 Å². The molecule has 0 aliphatic rings. The standard InChI is InChI=1S/C12H19N3O3S/c1-4-15(9-12(16)14(2)3)19(17,18)11-7-5-6-10(13)8-11/h5-8H,4,9,13H2,1-3H3. The van der Waals surface area contributed by atoms with Gasteiger partial charge in [-0.1, -0.05) is 13.0 Å². The van der Waals surface area contributed by atoms with Gasteiger partial charge in [-0.3, -0.25) is 4.79 Å². The van der Waals surface area contributed by atoms with Crippen molar-refractivity contribution in [1.82, 2.24) is 9.21 Å². The Morgan fingerprint density at radius 3 is 2.42 bits per heavy atom. The Hall–Kier alpha value is -1.60. The van der Waals surface area contributed by atoms with E-state index in [0.717, 1.165) is 4.31 Å². The summed E-state index contributed by atoms with van der Waals surface area (Å²) in [6.45, 7) is 1.73. The van der Waals surface area contributed by atoms with Gasteiger partial charge in [0, 0.05) is 26.3 Å². The van der Waals surface area contributed by atoms with Crippen molar-refractivity contribution in [3.05, 3.63) is 24.3 Å². The first-order valence-electron chi connectivity index (χ1n) is 5.85. The number of carbonyl (C=O) groups is 1. The molecule has 0 aromatic heterocycles. The van der Waals surface area contributed by atoms with Gasteiger partial charge in [-0.25, -0.2) is 8.42 Å². The molecular weight excluding hydrogens is 266 g/mol. The average molecular weight is 285 g/mol. The molecule has 1 amide bonds. The minimum Gasteiger partial charge on any atom is -0.399 e. The van der Waals surface area contributed by atoms with E-state index in [1.165, 1.54) is 17.0 Å². The third-order valence-electron chi connectivity index (χ3n) is 2.66. The van der Waals surface area contributed by atoms with Gasteiger partial charge in [-0.05, 0) is 18.2 Å². The van der Waals surface area contributed by atoms with Crippen LogP contribution in [0.1, 0.15) is 6.92 Å². The molecule has 0 fully saturated rings. The summed E-state index contributed by atoms with van der Waals surface area (Å²) in [4.78, 5) is 13.1. The molecule has 0 unspecified atom stereocenters. The monoisotopic (exact) mass is 285 g/mol. The summed E-state index contributed by atoms with van der Waals surface area (Å²) in [5, 5.41) is 0. The van der Waals surface area contributed by atoms with Crippen molar-refractivity contribution < 1.29 is 13.2 Å². The third kappa shape index (κ3) is 3.68. The van der Waals surface area contributed by atoms with E-state index >= 15 is 0 Å². The van der Waals surface area contributed by atoms with Crippen LogP contribution in [-0.2, 0) is 14.8 Å². The molecule has 1 aromatic carbocycles. The van der Waals surface area contributed by atoms with E-state index in [4.69, 9.17) is 5.73 Å². The smallest absolute Gasteiger partial charge is 0.243 e. The fourth-order valence-electron chi connectivity index (χ4n) is 1.48. The van der Waals surface area contributed by atoms with Crippen LogP contribution >= 0.6 is 0 Å². The molecule has 1 rings (SSSR count). The minimum atomic E-state index is -3.70. The number of anilines is 1. The van der Waals surface area contributed by atoms with Crippen molar-refractivity contribution in [2.45, 2.75) is 11.8 Å². The quantitative estimate of drug-likeness (QED) is 0.792. The number of hydrogen-bond donors (Lipinski definition) is 1. The second kappa shape index (κ2) is 6.03. The second-order valence-corrected chi connectivity index (χ2v) is 6.23. The Balaban J connectivity index is 3.06. The van der Waals surface area contributed by atoms with Crippen molar-refractivity contribution in [1.29, 1.82) is 0 Å². The van der Waals surface area contributed by atoms with Crippen molar-refractivity contribution in [3.63, 3.8) is 0 Å². The molecule has 1 aromatic rings. The highest BCUT2D eigenvalue weighted by Gasteiger charge is 2.25. The van der Waals surface area contributed by atoms with E-state index in [-0.39, 0.29) is 23.9 Å². The molecule has 0 radical (unpaired) electrons. The molecule has 0 aliphatic carbocycles. The van der Waals surface area contributed by atoms with Crippen molar-refractivity contribution in [2.24, 2.45) is 0 Å². The summed E-state index contributed by atoms with van der Waals surface area (Å²) in [5.74, 6) is -0.269. The van der Waals surface area contributed by atoms with Crippen LogP contribution in [0, 0.1) is 0 Å². The first kappa shape index (κ1) is 15.5.